The average molecular weight is 574 g/mol. The number of carbonyl (C=O) groups is 2. The number of aromatic hydroxyl groups is 1. The van der Waals surface area contributed by atoms with Crippen molar-refractivity contribution < 1.29 is 19.4 Å². The van der Waals surface area contributed by atoms with E-state index in [1.165, 1.54) is 30.5 Å². The fourth-order valence-corrected chi connectivity index (χ4v) is 4.60. The van der Waals surface area contributed by atoms with Crippen LogP contribution in [0.5, 0.6) is 5.75 Å². The van der Waals surface area contributed by atoms with Crippen molar-refractivity contribution in [2.45, 2.75) is 6.54 Å². The standard InChI is InChI=1S/C30H28ClN5O5/c31-22-10-11-26(32-19-22)33-29(39)24-3-1-5-25(37)27(24)34-28(38)21-8-6-20(7-9-21)23-4-2-12-36(30(23)40)14-13-35-15-17-41-18-16-35/h1-12,19,37H,13-18H2,(H,34,38)(H,32,33,39). The van der Waals surface area contributed by atoms with Gasteiger partial charge in [-0.2, -0.15) is 0 Å². The van der Waals surface area contributed by atoms with Gasteiger partial charge in [0.15, 0.2) is 0 Å². The van der Waals surface area contributed by atoms with Gasteiger partial charge in [-0.1, -0.05) is 29.8 Å². The number of hydrogen-bond donors (Lipinski definition) is 3. The quantitative estimate of drug-likeness (QED) is 0.271. The number of carbonyl (C=O) groups excluding carboxylic acids is 2. The second-order valence-corrected chi connectivity index (χ2v) is 9.86. The highest BCUT2D eigenvalue weighted by atomic mass is 35.5. The van der Waals surface area contributed by atoms with Gasteiger partial charge < -0.3 is 25.0 Å². The van der Waals surface area contributed by atoms with Crippen LogP contribution in [0.25, 0.3) is 11.1 Å². The van der Waals surface area contributed by atoms with Crippen LogP contribution in [0.15, 0.2) is 83.9 Å². The van der Waals surface area contributed by atoms with Crippen molar-refractivity contribution in [3.05, 3.63) is 106 Å². The number of hydrogen-bond acceptors (Lipinski definition) is 7. The Morgan fingerprint density at radius 3 is 2.44 bits per heavy atom. The summed E-state index contributed by atoms with van der Waals surface area (Å²) in [6.45, 7) is 4.43. The number of nitrogens with one attached hydrogen (secondary N) is 2. The summed E-state index contributed by atoms with van der Waals surface area (Å²) < 4.78 is 7.07. The number of amides is 2. The maximum Gasteiger partial charge on any atom is 0.259 e. The van der Waals surface area contributed by atoms with Gasteiger partial charge in [0.05, 0.1) is 29.5 Å². The predicted molar refractivity (Wildman–Crippen MR) is 157 cm³/mol. The molecule has 1 aliphatic heterocycles. The summed E-state index contributed by atoms with van der Waals surface area (Å²) in [5.41, 5.74) is 1.37. The van der Waals surface area contributed by atoms with Gasteiger partial charge in [-0.3, -0.25) is 19.3 Å². The number of rotatable bonds is 8. The van der Waals surface area contributed by atoms with Gasteiger partial charge in [0.25, 0.3) is 17.4 Å². The normalized spacial score (nSPS) is 13.5. The fraction of sp³-hybridized carbons (Fsp3) is 0.200. The molecule has 4 aromatic rings. The Morgan fingerprint density at radius 2 is 1.71 bits per heavy atom. The third-order valence-corrected chi connectivity index (χ3v) is 6.96. The van der Waals surface area contributed by atoms with Gasteiger partial charge in [0.1, 0.15) is 11.6 Å². The molecule has 1 saturated heterocycles. The molecule has 0 aliphatic carbocycles. The lowest BCUT2D eigenvalue weighted by molar-refractivity contribution is 0.0363. The van der Waals surface area contributed by atoms with Crippen LogP contribution < -0.4 is 16.2 Å². The molecule has 0 atom stereocenters. The van der Waals surface area contributed by atoms with Crippen molar-refractivity contribution >= 4 is 34.9 Å². The molecule has 3 heterocycles. The van der Waals surface area contributed by atoms with Gasteiger partial charge in [0, 0.05) is 49.7 Å². The summed E-state index contributed by atoms with van der Waals surface area (Å²) in [6.07, 6.45) is 3.17. The van der Waals surface area contributed by atoms with E-state index in [2.05, 4.69) is 20.5 Å². The molecule has 0 bridgehead atoms. The molecule has 2 aromatic carbocycles. The van der Waals surface area contributed by atoms with Crippen molar-refractivity contribution in [2.75, 3.05) is 43.5 Å². The number of phenols is 1. The minimum atomic E-state index is -0.574. The van der Waals surface area contributed by atoms with Crippen molar-refractivity contribution in [3.63, 3.8) is 0 Å². The minimum absolute atomic E-state index is 0.0424. The van der Waals surface area contributed by atoms with E-state index in [0.29, 0.717) is 35.9 Å². The molecule has 41 heavy (non-hydrogen) atoms. The zero-order valence-electron chi connectivity index (χ0n) is 22.0. The van der Waals surface area contributed by atoms with Crippen molar-refractivity contribution in [3.8, 4) is 16.9 Å². The maximum atomic E-state index is 13.2. The lowest BCUT2D eigenvalue weighted by atomic mass is 10.0. The van der Waals surface area contributed by atoms with E-state index in [-0.39, 0.29) is 33.9 Å². The smallest absolute Gasteiger partial charge is 0.259 e. The van der Waals surface area contributed by atoms with Gasteiger partial charge >= 0.3 is 0 Å². The minimum Gasteiger partial charge on any atom is -0.506 e. The third-order valence-electron chi connectivity index (χ3n) is 6.73. The highest BCUT2D eigenvalue weighted by Gasteiger charge is 2.19. The molecule has 1 aliphatic rings. The Kier molecular flexibility index (Phi) is 8.73. The molecule has 1 fully saturated rings. The summed E-state index contributed by atoms with van der Waals surface area (Å²) in [6, 6.07) is 17.6. The maximum absolute atomic E-state index is 13.2. The van der Waals surface area contributed by atoms with E-state index < -0.39 is 11.8 Å². The largest absolute Gasteiger partial charge is 0.506 e. The van der Waals surface area contributed by atoms with E-state index in [4.69, 9.17) is 16.3 Å². The molecule has 11 heteroatoms. The summed E-state index contributed by atoms with van der Waals surface area (Å²) in [7, 11) is 0. The van der Waals surface area contributed by atoms with Gasteiger partial charge in [-0.15, -0.1) is 0 Å². The van der Waals surface area contributed by atoms with Crippen molar-refractivity contribution in [1.82, 2.24) is 14.5 Å². The van der Waals surface area contributed by atoms with Gasteiger partial charge in [0.2, 0.25) is 0 Å². The van der Waals surface area contributed by atoms with Crippen LogP contribution >= 0.6 is 11.6 Å². The van der Waals surface area contributed by atoms with E-state index in [0.717, 1.165) is 19.6 Å². The van der Waals surface area contributed by atoms with E-state index in [1.54, 1.807) is 47.2 Å². The highest BCUT2D eigenvalue weighted by Crippen LogP contribution is 2.29. The number of anilines is 2. The first kappa shape index (κ1) is 28.0. The van der Waals surface area contributed by atoms with Crippen LogP contribution in [0.4, 0.5) is 11.5 Å². The molecule has 10 nitrogen and oxygen atoms in total. The van der Waals surface area contributed by atoms with E-state index >= 15 is 0 Å². The third kappa shape index (κ3) is 6.80. The number of halogens is 1. The Balaban J connectivity index is 1.29. The summed E-state index contributed by atoms with van der Waals surface area (Å²) >= 11 is 5.85. The number of morpholine rings is 1. The summed E-state index contributed by atoms with van der Waals surface area (Å²) in [5.74, 6) is -1.12. The molecule has 0 spiro atoms. The molecular weight excluding hydrogens is 546 g/mol. The second kappa shape index (κ2) is 12.8. The van der Waals surface area contributed by atoms with E-state index in [9.17, 15) is 19.5 Å². The monoisotopic (exact) mass is 573 g/mol. The number of pyridine rings is 2. The number of phenolic OH excluding ortho intramolecular Hbond substituents is 1. The van der Waals surface area contributed by atoms with E-state index in [1.807, 2.05) is 6.07 Å². The number of benzene rings is 2. The Labute approximate surface area is 241 Å². The first-order chi connectivity index (χ1) is 19.9. The average Bonchev–Trinajstić information content (AvgIpc) is 2.99. The molecule has 5 rings (SSSR count). The molecule has 0 radical (unpaired) electrons. The van der Waals surface area contributed by atoms with Crippen LogP contribution in [-0.2, 0) is 11.3 Å². The first-order valence-electron chi connectivity index (χ1n) is 13.1. The van der Waals surface area contributed by atoms with Crippen LogP contribution in [0.2, 0.25) is 5.02 Å². The molecule has 2 amide bonds. The number of para-hydroxylation sites is 1. The molecule has 0 unspecified atom stereocenters. The molecule has 3 N–H and O–H groups in total. The highest BCUT2D eigenvalue weighted by molar-refractivity contribution is 6.30. The zero-order chi connectivity index (χ0) is 28.8. The van der Waals surface area contributed by atoms with Gasteiger partial charge in [-0.05, 0) is 54.1 Å². The molecule has 2 aromatic heterocycles. The van der Waals surface area contributed by atoms with Crippen LogP contribution in [-0.4, -0.2) is 64.2 Å². The number of nitrogens with zero attached hydrogens (tertiary/aromatic N) is 3. The lowest BCUT2D eigenvalue weighted by Crippen LogP contribution is -2.39. The Morgan fingerprint density at radius 1 is 0.927 bits per heavy atom. The van der Waals surface area contributed by atoms with Crippen LogP contribution in [0.1, 0.15) is 20.7 Å². The Hall–Kier alpha value is -4.51. The first-order valence-corrected chi connectivity index (χ1v) is 13.4. The molecule has 210 valence electrons. The van der Waals surface area contributed by atoms with Crippen LogP contribution in [0, 0.1) is 0 Å². The summed E-state index contributed by atoms with van der Waals surface area (Å²) in [4.78, 5) is 45.4. The second-order valence-electron chi connectivity index (χ2n) is 9.42. The van der Waals surface area contributed by atoms with Crippen molar-refractivity contribution in [2.24, 2.45) is 0 Å². The fourth-order valence-electron chi connectivity index (χ4n) is 4.49. The number of aromatic nitrogens is 2. The van der Waals surface area contributed by atoms with Crippen LogP contribution in [0.3, 0.4) is 0 Å². The lowest BCUT2D eigenvalue weighted by Gasteiger charge is -2.26. The summed E-state index contributed by atoms with van der Waals surface area (Å²) in [5, 5.41) is 16.1. The number of ether oxygens (including phenoxy) is 1. The SMILES string of the molecule is O=C(Nc1c(O)cccc1C(=O)Nc1ccc(Cl)cn1)c1ccc(-c2cccn(CCN3CCOCC3)c2=O)cc1. The zero-order valence-corrected chi connectivity index (χ0v) is 22.8. The molecule has 0 saturated carbocycles. The van der Waals surface area contributed by atoms with Crippen molar-refractivity contribution in [1.29, 1.82) is 0 Å². The topological polar surface area (TPSA) is 126 Å². The molecular formula is C30H28ClN5O5. The predicted octanol–water partition coefficient (Wildman–Crippen LogP) is 4.11. The van der Waals surface area contributed by atoms with Gasteiger partial charge in [-0.25, -0.2) is 4.98 Å². The Bertz CT molecular complexity index is 1600.